The lowest BCUT2D eigenvalue weighted by Gasteiger charge is -2.10. The summed E-state index contributed by atoms with van der Waals surface area (Å²) >= 11 is 3.45. The van der Waals surface area contributed by atoms with E-state index in [0.717, 1.165) is 16.6 Å². The van der Waals surface area contributed by atoms with Crippen LogP contribution in [0.15, 0.2) is 35.1 Å². The Labute approximate surface area is 114 Å². The van der Waals surface area contributed by atoms with Gasteiger partial charge in [0.15, 0.2) is 5.69 Å². The van der Waals surface area contributed by atoms with Crippen LogP contribution in [0, 0.1) is 11.3 Å². The lowest BCUT2D eigenvalue weighted by molar-refractivity contribution is 1.12. The Hall–Kier alpha value is -1.93. The summed E-state index contributed by atoms with van der Waals surface area (Å²) in [6.07, 6.45) is 3.93. The monoisotopic (exact) mass is 302 g/mol. The van der Waals surface area contributed by atoms with Crippen molar-refractivity contribution in [3.63, 3.8) is 0 Å². The van der Waals surface area contributed by atoms with E-state index >= 15 is 0 Å². The predicted molar refractivity (Wildman–Crippen MR) is 73.5 cm³/mol. The summed E-state index contributed by atoms with van der Waals surface area (Å²) in [5, 5.41) is 11.9. The van der Waals surface area contributed by atoms with Crippen molar-refractivity contribution in [2.75, 3.05) is 5.32 Å². The minimum atomic E-state index is 0.312. The summed E-state index contributed by atoms with van der Waals surface area (Å²) in [7, 11) is 0. The molecule has 2 rings (SSSR count). The van der Waals surface area contributed by atoms with Gasteiger partial charge in [0.1, 0.15) is 11.9 Å². The second-order valence-electron chi connectivity index (χ2n) is 3.68. The SMILES string of the molecule is CCc1cc(Br)ccc1Nc1cnc(C#N)cn1. The van der Waals surface area contributed by atoms with Gasteiger partial charge in [-0.15, -0.1) is 0 Å². The molecule has 5 heteroatoms. The smallest absolute Gasteiger partial charge is 0.158 e. The van der Waals surface area contributed by atoms with Gasteiger partial charge in [0, 0.05) is 10.2 Å². The number of anilines is 2. The zero-order valence-electron chi connectivity index (χ0n) is 9.81. The van der Waals surface area contributed by atoms with Crippen LogP contribution in [0.5, 0.6) is 0 Å². The van der Waals surface area contributed by atoms with Gasteiger partial charge < -0.3 is 5.32 Å². The molecular formula is C13H11BrN4. The standard InChI is InChI=1S/C13H11BrN4/c1-2-9-5-10(14)3-4-12(9)18-13-8-16-11(6-15)7-17-13/h3-5,7-8H,2H2,1H3,(H,17,18). The van der Waals surface area contributed by atoms with Crippen molar-refractivity contribution < 1.29 is 0 Å². The molecule has 0 unspecified atom stereocenters. The number of benzene rings is 1. The molecule has 0 spiro atoms. The number of nitriles is 1. The van der Waals surface area contributed by atoms with E-state index in [9.17, 15) is 0 Å². The van der Waals surface area contributed by atoms with Gasteiger partial charge in [-0.25, -0.2) is 9.97 Å². The van der Waals surface area contributed by atoms with Crippen molar-refractivity contribution in [1.29, 1.82) is 5.26 Å². The number of aromatic nitrogens is 2. The summed E-state index contributed by atoms with van der Waals surface area (Å²) < 4.78 is 1.05. The molecular weight excluding hydrogens is 292 g/mol. The molecule has 90 valence electrons. The number of halogens is 1. The molecule has 0 saturated carbocycles. The molecule has 0 aliphatic carbocycles. The molecule has 18 heavy (non-hydrogen) atoms. The van der Waals surface area contributed by atoms with Crippen molar-refractivity contribution in [3.8, 4) is 6.07 Å². The van der Waals surface area contributed by atoms with Gasteiger partial charge in [-0.05, 0) is 30.2 Å². The molecule has 0 aliphatic heterocycles. The maximum atomic E-state index is 8.65. The van der Waals surface area contributed by atoms with Gasteiger partial charge >= 0.3 is 0 Å². The van der Waals surface area contributed by atoms with Crippen LogP contribution in [-0.2, 0) is 6.42 Å². The van der Waals surface area contributed by atoms with E-state index < -0.39 is 0 Å². The Kier molecular flexibility index (Phi) is 3.90. The third-order valence-corrected chi connectivity index (χ3v) is 2.97. The van der Waals surface area contributed by atoms with Gasteiger partial charge in [0.25, 0.3) is 0 Å². The van der Waals surface area contributed by atoms with E-state index in [4.69, 9.17) is 5.26 Å². The molecule has 0 aliphatic rings. The second kappa shape index (κ2) is 5.61. The zero-order chi connectivity index (χ0) is 13.0. The van der Waals surface area contributed by atoms with E-state index in [1.165, 1.54) is 11.8 Å². The molecule has 2 aromatic rings. The minimum Gasteiger partial charge on any atom is -0.339 e. The number of hydrogen-bond acceptors (Lipinski definition) is 4. The lowest BCUT2D eigenvalue weighted by atomic mass is 10.1. The molecule has 1 N–H and O–H groups in total. The van der Waals surface area contributed by atoms with E-state index in [2.05, 4.69) is 44.2 Å². The fourth-order valence-corrected chi connectivity index (χ4v) is 1.97. The minimum absolute atomic E-state index is 0.312. The second-order valence-corrected chi connectivity index (χ2v) is 4.59. The Balaban J connectivity index is 2.25. The number of nitrogens with one attached hydrogen (secondary N) is 1. The van der Waals surface area contributed by atoms with E-state index in [0.29, 0.717) is 11.5 Å². The Morgan fingerprint density at radius 1 is 1.33 bits per heavy atom. The number of hydrogen-bond donors (Lipinski definition) is 1. The molecule has 1 heterocycles. The topological polar surface area (TPSA) is 61.6 Å². The number of rotatable bonds is 3. The highest BCUT2D eigenvalue weighted by Gasteiger charge is 2.03. The first kappa shape index (κ1) is 12.5. The van der Waals surface area contributed by atoms with E-state index in [-0.39, 0.29) is 0 Å². The molecule has 4 nitrogen and oxygen atoms in total. The summed E-state index contributed by atoms with van der Waals surface area (Å²) in [6, 6.07) is 7.97. The summed E-state index contributed by atoms with van der Waals surface area (Å²) in [5.74, 6) is 0.631. The van der Waals surface area contributed by atoms with Crippen molar-refractivity contribution in [1.82, 2.24) is 9.97 Å². The summed E-state index contributed by atoms with van der Waals surface area (Å²) in [5.41, 5.74) is 2.50. The van der Waals surface area contributed by atoms with Crippen LogP contribution >= 0.6 is 15.9 Å². The zero-order valence-corrected chi connectivity index (χ0v) is 11.4. The van der Waals surface area contributed by atoms with Crippen molar-refractivity contribution in [2.45, 2.75) is 13.3 Å². The highest BCUT2D eigenvalue weighted by molar-refractivity contribution is 9.10. The molecule has 0 bridgehead atoms. The van der Waals surface area contributed by atoms with E-state index in [1.807, 2.05) is 18.2 Å². The summed E-state index contributed by atoms with van der Waals surface area (Å²) in [4.78, 5) is 8.11. The first-order valence-electron chi connectivity index (χ1n) is 5.50. The number of aryl methyl sites for hydroxylation is 1. The first-order chi connectivity index (χ1) is 8.72. The highest BCUT2D eigenvalue weighted by atomic mass is 79.9. The Bertz CT molecular complexity index is 587. The van der Waals surface area contributed by atoms with Crippen LogP contribution < -0.4 is 5.32 Å². The van der Waals surface area contributed by atoms with Crippen molar-refractivity contribution >= 4 is 27.4 Å². The number of nitrogens with zero attached hydrogens (tertiary/aromatic N) is 3. The predicted octanol–water partition coefficient (Wildman–Crippen LogP) is 3.42. The van der Waals surface area contributed by atoms with Crippen LogP contribution in [0.4, 0.5) is 11.5 Å². The normalized spacial score (nSPS) is 9.83. The fourth-order valence-electron chi connectivity index (χ4n) is 1.57. The highest BCUT2D eigenvalue weighted by Crippen LogP contribution is 2.23. The van der Waals surface area contributed by atoms with Gasteiger partial charge in [0.2, 0.25) is 0 Å². The van der Waals surface area contributed by atoms with Crippen LogP contribution in [-0.4, -0.2) is 9.97 Å². The average Bonchev–Trinajstić information content (AvgIpc) is 2.41. The van der Waals surface area contributed by atoms with Crippen molar-refractivity contribution in [2.24, 2.45) is 0 Å². The van der Waals surface area contributed by atoms with Gasteiger partial charge in [-0.3, -0.25) is 0 Å². The quantitative estimate of drug-likeness (QED) is 0.943. The third kappa shape index (κ3) is 2.84. The van der Waals surface area contributed by atoms with Gasteiger partial charge in [0.05, 0.1) is 12.4 Å². The van der Waals surface area contributed by atoms with Crippen LogP contribution in [0.25, 0.3) is 0 Å². The maximum Gasteiger partial charge on any atom is 0.158 e. The summed E-state index contributed by atoms with van der Waals surface area (Å²) in [6.45, 7) is 2.09. The maximum absolute atomic E-state index is 8.65. The van der Waals surface area contributed by atoms with Crippen LogP contribution in [0.1, 0.15) is 18.2 Å². The first-order valence-corrected chi connectivity index (χ1v) is 6.30. The largest absolute Gasteiger partial charge is 0.339 e. The molecule has 0 atom stereocenters. The Morgan fingerprint density at radius 2 is 2.17 bits per heavy atom. The van der Waals surface area contributed by atoms with Gasteiger partial charge in [-0.2, -0.15) is 5.26 Å². The fraction of sp³-hybridized carbons (Fsp3) is 0.154. The van der Waals surface area contributed by atoms with Crippen molar-refractivity contribution in [3.05, 3.63) is 46.3 Å². The third-order valence-electron chi connectivity index (χ3n) is 2.48. The molecule has 0 radical (unpaired) electrons. The molecule has 1 aromatic carbocycles. The molecule has 1 aromatic heterocycles. The van der Waals surface area contributed by atoms with Crippen LogP contribution in [0.2, 0.25) is 0 Å². The molecule has 0 fully saturated rings. The van der Waals surface area contributed by atoms with Gasteiger partial charge in [-0.1, -0.05) is 22.9 Å². The van der Waals surface area contributed by atoms with E-state index in [1.54, 1.807) is 6.20 Å². The average molecular weight is 303 g/mol. The Morgan fingerprint density at radius 3 is 2.78 bits per heavy atom. The molecule has 0 amide bonds. The molecule has 0 saturated heterocycles. The lowest BCUT2D eigenvalue weighted by Crippen LogP contribution is -1.98. The van der Waals surface area contributed by atoms with Crippen LogP contribution in [0.3, 0.4) is 0 Å².